The fraction of sp³-hybridized carbons (Fsp3) is 0.217. The average Bonchev–Trinajstić information content (AvgIpc) is 2.87. The molecule has 138 valence electrons. The van der Waals surface area contributed by atoms with E-state index in [9.17, 15) is 9.59 Å². The standard InChI is InChI=1S/C23H23NO3/c1-14-7-6-8-18(11-14)13-20-21(23(26)27-5)17(4)24(22(20)25)19-10-9-15(2)16(3)12-19/h6-13H,1-5H3/b20-13-. The highest BCUT2D eigenvalue weighted by Gasteiger charge is 2.37. The second kappa shape index (κ2) is 7.23. The number of esters is 1. The predicted octanol–water partition coefficient (Wildman–Crippen LogP) is 4.49. The van der Waals surface area contributed by atoms with Crippen molar-refractivity contribution in [3.63, 3.8) is 0 Å². The Morgan fingerprint density at radius 2 is 1.74 bits per heavy atom. The third kappa shape index (κ3) is 3.43. The summed E-state index contributed by atoms with van der Waals surface area (Å²) in [5, 5.41) is 0. The van der Waals surface area contributed by atoms with E-state index in [0.29, 0.717) is 16.8 Å². The number of benzene rings is 2. The molecule has 2 aromatic carbocycles. The van der Waals surface area contributed by atoms with Gasteiger partial charge in [0.2, 0.25) is 0 Å². The largest absolute Gasteiger partial charge is 0.465 e. The maximum Gasteiger partial charge on any atom is 0.340 e. The molecule has 0 fully saturated rings. The van der Waals surface area contributed by atoms with E-state index < -0.39 is 5.97 Å². The summed E-state index contributed by atoms with van der Waals surface area (Å²) in [6, 6.07) is 13.6. The lowest BCUT2D eigenvalue weighted by atomic mass is 10.0. The fourth-order valence-corrected chi connectivity index (χ4v) is 3.28. The third-order valence-electron chi connectivity index (χ3n) is 4.89. The number of aryl methyl sites for hydroxylation is 3. The molecule has 0 saturated heterocycles. The monoisotopic (exact) mass is 361 g/mol. The van der Waals surface area contributed by atoms with Crippen LogP contribution in [0.5, 0.6) is 0 Å². The van der Waals surface area contributed by atoms with Crippen molar-refractivity contribution in [2.75, 3.05) is 12.0 Å². The molecule has 0 unspecified atom stereocenters. The molecule has 3 rings (SSSR count). The van der Waals surface area contributed by atoms with Crippen LogP contribution in [0.25, 0.3) is 6.08 Å². The Kier molecular flexibility index (Phi) is 5.00. The number of amides is 1. The Bertz CT molecular complexity index is 998. The van der Waals surface area contributed by atoms with Gasteiger partial charge in [0, 0.05) is 11.4 Å². The minimum atomic E-state index is -0.508. The molecule has 0 atom stereocenters. The van der Waals surface area contributed by atoms with Crippen LogP contribution in [0.15, 0.2) is 59.3 Å². The van der Waals surface area contributed by atoms with Gasteiger partial charge in [-0.05, 0) is 62.6 Å². The molecular weight excluding hydrogens is 338 g/mol. The molecule has 0 N–H and O–H groups in total. The Morgan fingerprint density at radius 1 is 1.00 bits per heavy atom. The van der Waals surface area contributed by atoms with Crippen LogP contribution >= 0.6 is 0 Å². The number of methoxy groups -OCH3 is 1. The molecular formula is C23H23NO3. The minimum Gasteiger partial charge on any atom is -0.465 e. The van der Waals surface area contributed by atoms with Crippen LogP contribution in [0.4, 0.5) is 5.69 Å². The predicted molar refractivity (Wildman–Crippen MR) is 107 cm³/mol. The van der Waals surface area contributed by atoms with Gasteiger partial charge in [-0.25, -0.2) is 4.79 Å². The van der Waals surface area contributed by atoms with Gasteiger partial charge in [0.1, 0.15) is 0 Å². The quantitative estimate of drug-likeness (QED) is 0.598. The van der Waals surface area contributed by atoms with Crippen LogP contribution in [0.1, 0.15) is 29.2 Å². The molecule has 1 aliphatic heterocycles. The van der Waals surface area contributed by atoms with Crippen molar-refractivity contribution in [2.45, 2.75) is 27.7 Å². The SMILES string of the molecule is COC(=O)C1=C(C)N(c2ccc(C)c(C)c2)C(=O)/C1=C\c1cccc(C)c1. The van der Waals surface area contributed by atoms with Crippen molar-refractivity contribution in [1.29, 1.82) is 0 Å². The summed E-state index contributed by atoms with van der Waals surface area (Å²) >= 11 is 0. The summed E-state index contributed by atoms with van der Waals surface area (Å²) < 4.78 is 4.96. The number of allylic oxidation sites excluding steroid dienone is 1. The van der Waals surface area contributed by atoms with Crippen LogP contribution in [-0.2, 0) is 14.3 Å². The molecule has 2 aromatic rings. The molecule has 1 amide bonds. The first-order valence-corrected chi connectivity index (χ1v) is 8.83. The number of ether oxygens (including phenoxy) is 1. The summed E-state index contributed by atoms with van der Waals surface area (Å²) in [5.41, 5.74) is 6.17. The van der Waals surface area contributed by atoms with E-state index in [1.807, 2.05) is 63.2 Å². The van der Waals surface area contributed by atoms with Gasteiger partial charge in [0.05, 0.1) is 18.3 Å². The average molecular weight is 361 g/mol. The first kappa shape index (κ1) is 18.6. The number of anilines is 1. The van der Waals surface area contributed by atoms with Gasteiger partial charge >= 0.3 is 5.97 Å². The van der Waals surface area contributed by atoms with Crippen LogP contribution in [-0.4, -0.2) is 19.0 Å². The molecule has 1 aliphatic rings. The lowest BCUT2D eigenvalue weighted by Crippen LogP contribution is -2.24. The van der Waals surface area contributed by atoms with Crippen LogP contribution in [0.3, 0.4) is 0 Å². The Morgan fingerprint density at radius 3 is 2.37 bits per heavy atom. The molecule has 0 aromatic heterocycles. The summed E-state index contributed by atoms with van der Waals surface area (Å²) in [6.45, 7) is 7.79. The van der Waals surface area contributed by atoms with Gasteiger partial charge in [-0.3, -0.25) is 9.69 Å². The summed E-state index contributed by atoms with van der Waals surface area (Å²) in [6.07, 6.45) is 1.76. The zero-order valence-corrected chi connectivity index (χ0v) is 16.3. The molecule has 27 heavy (non-hydrogen) atoms. The van der Waals surface area contributed by atoms with E-state index in [1.54, 1.807) is 17.9 Å². The van der Waals surface area contributed by atoms with E-state index in [-0.39, 0.29) is 5.91 Å². The normalized spacial score (nSPS) is 15.7. The van der Waals surface area contributed by atoms with Crippen molar-refractivity contribution in [3.05, 3.63) is 81.6 Å². The molecule has 0 radical (unpaired) electrons. The van der Waals surface area contributed by atoms with E-state index >= 15 is 0 Å². The van der Waals surface area contributed by atoms with Crippen molar-refractivity contribution in [1.82, 2.24) is 0 Å². The second-order valence-electron chi connectivity index (χ2n) is 6.83. The van der Waals surface area contributed by atoms with Gasteiger partial charge < -0.3 is 4.74 Å². The summed E-state index contributed by atoms with van der Waals surface area (Å²) in [5.74, 6) is -0.733. The maximum atomic E-state index is 13.2. The molecule has 0 aliphatic carbocycles. The second-order valence-corrected chi connectivity index (χ2v) is 6.83. The van der Waals surface area contributed by atoms with Crippen molar-refractivity contribution >= 4 is 23.6 Å². The van der Waals surface area contributed by atoms with Gasteiger partial charge in [-0.15, -0.1) is 0 Å². The molecule has 0 saturated carbocycles. The fourth-order valence-electron chi connectivity index (χ4n) is 3.28. The first-order valence-electron chi connectivity index (χ1n) is 8.83. The van der Waals surface area contributed by atoms with E-state index in [2.05, 4.69) is 0 Å². The number of hydrogen-bond donors (Lipinski definition) is 0. The number of nitrogens with zero attached hydrogens (tertiary/aromatic N) is 1. The first-order chi connectivity index (χ1) is 12.8. The Labute approximate surface area is 159 Å². The van der Waals surface area contributed by atoms with E-state index in [4.69, 9.17) is 4.74 Å². The van der Waals surface area contributed by atoms with Crippen molar-refractivity contribution < 1.29 is 14.3 Å². The highest BCUT2D eigenvalue weighted by Crippen LogP contribution is 2.36. The number of carbonyl (C=O) groups is 2. The van der Waals surface area contributed by atoms with Crippen molar-refractivity contribution in [2.24, 2.45) is 0 Å². The van der Waals surface area contributed by atoms with Crippen LogP contribution in [0, 0.1) is 20.8 Å². The molecule has 4 heteroatoms. The summed E-state index contributed by atoms with van der Waals surface area (Å²) in [4.78, 5) is 27.3. The topological polar surface area (TPSA) is 46.6 Å². The van der Waals surface area contributed by atoms with E-state index in [1.165, 1.54) is 7.11 Å². The zero-order chi connectivity index (χ0) is 19.7. The zero-order valence-electron chi connectivity index (χ0n) is 16.3. The highest BCUT2D eigenvalue weighted by atomic mass is 16.5. The smallest absolute Gasteiger partial charge is 0.340 e. The molecule has 4 nitrogen and oxygen atoms in total. The van der Waals surface area contributed by atoms with Crippen molar-refractivity contribution in [3.8, 4) is 0 Å². The Hall–Kier alpha value is -3.14. The number of hydrogen-bond acceptors (Lipinski definition) is 3. The van der Waals surface area contributed by atoms with Gasteiger partial charge in [-0.1, -0.05) is 35.9 Å². The summed E-state index contributed by atoms with van der Waals surface area (Å²) in [7, 11) is 1.33. The third-order valence-corrected chi connectivity index (χ3v) is 4.89. The van der Waals surface area contributed by atoms with Gasteiger partial charge in [0.15, 0.2) is 0 Å². The van der Waals surface area contributed by atoms with Crippen LogP contribution in [0.2, 0.25) is 0 Å². The molecule has 1 heterocycles. The van der Waals surface area contributed by atoms with Crippen LogP contribution < -0.4 is 4.90 Å². The lowest BCUT2D eigenvalue weighted by molar-refractivity contribution is -0.136. The number of carbonyl (C=O) groups excluding carboxylic acids is 2. The minimum absolute atomic E-state index is 0.224. The maximum absolute atomic E-state index is 13.2. The van der Waals surface area contributed by atoms with Gasteiger partial charge in [-0.2, -0.15) is 0 Å². The number of rotatable bonds is 3. The van der Waals surface area contributed by atoms with E-state index in [0.717, 1.165) is 27.9 Å². The van der Waals surface area contributed by atoms with Gasteiger partial charge in [0.25, 0.3) is 5.91 Å². The Balaban J connectivity index is 2.15. The molecule has 0 spiro atoms. The highest BCUT2D eigenvalue weighted by molar-refractivity contribution is 6.23. The lowest BCUT2D eigenvalue weighted by Gasteiger charge is -2.19. The molecule has 0 bridgehead atoms.